The molecule has 0 aliphatic carbocycles. The minimum atomic E-state index is -0.182. The van der Waals surface area contributed by atoms with Crippen LogP contribution in [0.1, 0.15) is 18.4 Å². The van der Waals surface area contributed by atoms with Crippen molar-refractivity contribution < 1.29 is 14.3 Å². The van der Waals surface area contributed by atoms with E-state index in [2.05, 4.69) is 0 Å². The Balaban J connectivity index is 1.54. The lowest BCUT2D eigenvalue weighted by molar-refractivity contribution is -0.0648. The van der Waals surface area contributed by atoms with Crippen LogP contribution in [0.4, 0.5) is 4.79 Å². The lowest BCUT2D eigenvalue weighted by atomic mass is 9.96. The highest BCUT2D eigenvalue weighted by Crippen LogP contribution is 2.29. The van der Waals surface area contributed by atoms with E-state index in [1.165, 1.54) is 0 Å². The van der Waals surface area contributed by atoms with Gasteiger partial charge in [0.2, 0.25) is 0 Å². The van der Waals surface area contributed by atoms with E-state index in [0.717, 1.165) is 38.2 Å². The molecule has 0 bridgehead atoms. The number of carbonyl (C=O) groups excluding carboxylic acids is 1. The quantitative estimate of drug-likeness (QED) is 0.839. The molecule has 0 radical (unpaired) electrons. The zero-order valence-corrected chi connectivity index (χ0v) is 11.0. The maximum Gasteiger partial charge on any atom is 0.410 e. The Labute approximate surface area is 113 Å². The van der Waals surface area contributed by atoms with Gasteiger partial charge in [0.05, 0.1) is 13.2 Å². The SMILES string of the molecule is O=C(OCc1ccccc1)N1CCCC1C1COC1. The van der Waals surface area contributed by atoms with Crippen LogP contribution in [-0.4, -0.2) is 36.8 Å². The molecule has 0 N–H and O–H groups in total. The second-order valence-corrected chi connectivity index (χ2v) is 5.24. The number of carbonyl (C=O) groups is 1. The molecule has 1 atom stereocenters. The summed E-state index contributed by atoms with van der Waals surface area (Å²) in [5.41, 5.74) is 1.03. The second kappa shape index (κ2) is 5.61. The van der Waals surface area contributed by atoms with Crippen LogP contribution in [-0.2, 0) is 16.1 Å². The van der Waals surface area contributed by atoms with E-state index in [4.69, 9.17) is 9.47 Å². The third-order valence-electron chi connectivity index (χ3n) is 3.95. The van der Waals surface area contributed by atoms with E-state index >= 15 is 0 Å². The molecular weight excluding hydrogens is 242 g/mol. The van der Waals surface area contributed by atoms with Crippen molar-refractivity contribution in [2.24, 2.45) is 5.92 Å². The van der Waals surface area contributed by atoms with Gasteiger partial charge in [0.25, 0.3) is 0 Å². The molecule has 19 heavy (non-hydrogen) atoms. The third kappa shape index (κ3) is 2.73. The average molecular weight is 261 g/mol. The fraction of sp³-hybridized carbons (Fsp3) is 0.533. The van der Waals surface area contributed by atoms with Crippen LogP contribution < -0.4 is 0 Å². The molecule has 0 aromatic heterocycles. The first-order valence-corrected chi connectivity index (χ1v) is 6.89. The van der Waals surface area contributed by atoms with Crippen molar-refractivity contribution in [3.63, 3.8) is 0 Å². The summed E-state index contributed by atoms with van der Waals surface area (Å²) in [5, 5.41) is 0. The zero-order valence-electron chi connectivity index (χ0n) is 11.0. The molecule has 1 aromatic carbocycles. The first kappa shape index (κ1) is 12.5. The molecule has 102 valence electrons. The third-order valence-corrected chi connectivity index (χ3v) is 3.95. The van der Waals surface area contributed by atoms with Gasteiger partial charge in [-0.15, -0.1) is 0 Å². The maximum atomic E-state index is 12.1. The van der Waals surface area contributed by atoms with Gasteiger partial charge in [-0.05, 0) is 18.4 Å². The Morgan fingerprint density at radius 1 is 1.32 bits per heavy atom. The van der Waals surface area contributed by atoms with Gasteiger partial charge in [-0.3, -0.25) is 0 Å². The van der Waals surface area contributed by atoms with Gasteiger partial charge in [0, 0.05) is 18.5 Å². The molecule has 2 aliphatic rings. The Morgan fingerprint density at radius 2 is 2.11 bits per heavy atom. The zero-order chi connectivity index (χ0) is 13.1. The fourth-order valence-electron chi connectivity index (χ4n) is 2.79. The van der Waals surface area contributed by atoms with E-state index in [1.807, 2.05) is 35.2 Å². The number of amides is 1. The maximum absolute atomic E-state index is 12.1. The minimum Gasteiger partial charge on any atom is -0.445 e. The van der Waals surface area contributed by atoms with Crippen molar-refractivity contribution in [2.75, 3.05) is 19.8 Å². The largest absolute Gasteiger partial charge is 0.445 e. The molecule has 1 unspecified atom stereocenters. The number of likely N-dealkylation sites (tertiary alicyclic amines) is 1. The standard InChI is InChI=1S/C15H19NO3/c17-15(19-9-12-5-2-1-3-6-12)16-8-4-7-14(16)13-10-18-11-13/h1-3,5-6,13-14H,4,7-11H2. The number of rotatable bonds is 3. The Kier molecular flexibility index (Phi) is 3.69. The number of hydrogen-bond donors (Lipinski definition) is 0. The van der Waals surface area contributed by atoms with Crippen molar-refractivity contribution in [3.05, 3.63) is 35.9 Å². The van der Waals surface area contributed by atoms with Crippen LogP contribution in [0.3, 0.4) is 0 Å². The molecule has 0 saturated carbocycles. The highest BCUT2D eigenvalue weighted by Gasteiger charge is 2.38. The monoisotopic (exact) mass is 261 g/mol. The highest BCUT2D eigenvalue weighted by atomic mass is 16.6. The lowest BCUT2D eigenvalue weighted by Gasteiger charge is -2.36. The fourth-order valence-corrected chi connectivity index (χ4v) is 2.79. The molecule has 3 rings (SSSR count). The van der Waals surface area contributed by atoms with Crippen molar-refractivity contribution in [2.45, 2.75) is 25.5 Å². The van der Waals surface area contributed by atoms with Crippen molar-refractivity contribution in [3.8, 4) is 0 Å². The average Bonchev–Trinajstić information content (AvgIpc) is 2.84. The minimum absolute atomic E-state index is 0.182. The van der Waals surface area contributed by atoms with Gasteiger partial charge >= 0.3 is 6.09 Å². The summed E-state index contributed by atoms with van der Waals surface area (Å²) in [6, 6.07) is 10.1. The van der Waals surface area contributed by atoms with Gasteiger partial charge < -0.3 is 14.4 Å². The van der Waals surface area contributed by atoms with Gasteiger partial charge in [0.15, 0.2) is 0 Å². The van der Waals surface area contributed by atoms with Crippen LogP contribution in [0.2, 0.25) is 0 Å². The summed E-state index contributed by atoms with van der Waals surface area (Å²) in [6.45, 7) is 2.74. The molecule has 4 heteroatoms. The van der Waals surface area contributed by atoms with Crippen LogP contribution in [0.25, 0.3) is 0 Å². The molecule has 2 saturated heterocycles. The number of hydrogen-bond acceptors (Lipinski definition) is 3. The highest BCUT2D eigenvalue weighted by molar-refractivity contribution is 5.68. The van der Waals surface area contributed by atoms with Gasteiger partial charge in [0.1, 0.15) is 6.61 Å². The summed E-state index contributed by atoms with van der Waals surface area (Å²) < 4.78 is 10.6. The topological polar surface area (TPSA) is 38.8 Å². The smallest absolute Gasteiger partial charge is 0.410 e. The van der Waals surface area contributed by atoms with Crippen molar-refractivity contribution in [1.29, 1.82) is 0 Å². The first-order chi connectivity index (χ1) is 9.34. The summed E-state index contributed by atoms with van der Waals surface area (Å²) in [5.74, 6) is 0.506. The summed E-state index contributed by atoms with van der Waals surface area (Å²) in [7, 11) is 0. The molecule has 4 nitrogen and oxygen atoms in total. The summed E-state index contributed by atoms with van der Waals surface area (Å²) >= 11 is 0. The number of nitrogens with zero attached hydrogens (tertiary/aromatic N) is 1. The van der Waals surface area contributed by atoms with Crippen LogP contribution in [0.15, 0.2) is 30.3 Å². The van der Waals surface area contributed by atoms with Crippen molar-refractivity contribution in [1.82, 2.24) is 4.90 Å². The first-order valence-electron chi connectivity index (χ1n) is 6.89. The van der Waals surface area contributed by atoms with Gasteiger partial charge in [-0.1, -0.05) is 30.3 Å². The Morgan fingerprint density at radius 3 is 2.79 bits per heavy atom. The number of ether oxygens (including phenoxy) is 2. The predicted molar refractivity (Wildman–Crippen MR) is 70.7 cm³/mol. The Bertz CT molecular complexity index is 430. The molecule has 1 aromatic rings. The van der Waals surface area contributed by atoms with E-state index in [0.29, 0.717) is 18.6 Å². The van der Waals surface area contributed by atoms with Crippen LogP contribution in [0.5, 0.6) is 0 Å². The van der Waals surface area contributed by atoms with Crippen LogP contribution >= 0.6 is 0 Å². The van der Waals surface area contributed by atoms with E-state index in [1.54, 1.807) is 0 Å². The molecule has 2 fully saturated rings. The van der Waals surface area contributed by atoms with Crippen molar-refractivity contribution >= 4 is 6.09 Å². The lowest BCUT2D eigenvalue weighted by Crippen LogP contribution is -2.47. The summed E-state index contributed by atoms with van der Waals surface area (Å²) in [6.07, 6.45) is 1.97. The van der Waals surface area contributed by atoms with E-state index < -0.39 is 0 Å². The molecule has 2 heterocycles. The van der Waals surface area contributed by atoms with Gasteiger partial charge in [-0.2, -0.15) is 0 Å². The van der Waals surface area contributed by atoms with Crippen LogP contribution in [0, 0.1) is 5.92 Å². The van der Waals surface area contributed by atoms with Gasteiger partial charge in [-0.25, -0.2) is 4.79 Å². The molecule has 2 aliphatic heterocycles. The van der Waals surface area contributed by atoms with E-state index in [-0.39, 0.29) is 6.09 Å². The van der Waals surface area contributed by atoms with E-state index in [9.17, 15) is 4.79 Å². The molecule has 0 spiro atoms. The second-order valence-electron chi connectivity index (χ2n) is 5.24. The number of benzene rings is 1. The summed E-state index contributed by atoms with van der Waals surface area (Å²) in [4.78, 5) is 14.0. The Hall–Kier alpha value is -1.55. The normalized spacial score (nSPS) is 23.2. The predicted octanol–water partition coefficient (Wildman–Crippen LogP) is 2.43. The molecular formula is C15H19NO3. The molecule has 1 amide bonds.